The molecule has 2 N–H and O–H groups in total. The summed E-state index contributed by atoms with van der Waals surface area (Å²) in [6.07, 6.45) is 0. The lowest BCUT2D eigenvalue weighted by Gasteiger charge is -1.88. The van der Waals surface area contributed by atoms with Crippen molar-refractivity contribution in [2.45, 2.75) is 6.92 Å². The number of aryl methyl sites for hydroxylation is 1. The molecule has 1 aromatic rings. The number of fused-ring (bicyclic) bond motifs is 1. The molecular weight excluding hydrogens is 176 g/mol. The van der Waals surface area contributed by atoms with Gasteiger partial charge in [0.25, 0.3) is 10.7 Å². The van der Waals surface area contributed by atoms with Crippen LogP contribution in [0.3, 0.4) is 0 Å². The highest BCUT2D eigenvalue weighted by Crippen LogP contribution is 2.07. The minimum atomic E-state index is -0.202. The number of amides is 2. The zero-order valence-electron chi connectivity index (χ0n) is 6.44. The molecule has 0 aliphatic carbocycles. The number of benzene rings is 1. The molecule has 0 fully saturated rings. The van der Waals surface area contributed by atoms with E-state index in [1.165, 1.54) is 0 Å². The second-order valence-electron chi connectivity index (χ2n) is 2.73. The highest BCUT2D eigenvalue weighted by atomic mass is 35.5. The highest BCUT2D eigenvalue weighted by molar-refractivity contribution is 6.31. The summed E-state index contributed by atoms with van der Waals surface area (Å²) < 4.78 is 0. The second-order valence-corrected chi connectivity index (χ2v) is 3.13. The summed E-state index contributed by atoms with van der Waals surface area (Å²) in [5.41, 5.74) is 0.958. The van der Waals surface area contributed by atoms with Gasteiger partial charge in [-0.25, -0.2) is 0 Å². The maximum absolute atomic E-state index is 10.9. The standard InChI is InChI=1S/C8H5ClN2O/c1-4-2-6-7(3-5(4)9)11-8(12)10-6/h2-3H,1H3/p+2. The van der Waals surface area contributed by atoms with Crippen LogP contribution in [0.4, 0.5) is 4.79 Å². The first-order valence-electron chi connectivity index (χ1n) is 3.55. The van der Waals surface area contributed by atoms with Gasteiger partial charge in [-0.2, -0.15) is 4.79 Å². The molecule has 0 atom stereocenters. The molecule has 60 valence electrons. The summed E-state index contributed by atoms with van der Waals surface area (Å²) in [4.78, 5) is 16.1. The third-order valence-corrected chi connectivity index (χ3v) is 2.20. The predicted molar refractivity (Wildman–Crippen MR) is 41.0 cm³/mol. The first kappa shape index (κ1) is 7.43. The topological polar surface area (TPSA) is 45.0 Å². The van der Waals surface area contributed by atoms with Crippen LogP contribution >= 0.6 is 11.6 Å². The SMILES string of the molecule is Cc1cc2c(cc1Cl)=[NH+]C(=O)[NH+]=2. The average molecular weight is 183 g/mol. The molecule has 0 saturated carbocycles. The summed E-state index contributed by atoms with van der Waals surface area (Å²) in [5, 5.41) is 2.20. The molecular formula is C8H7ClN2O+2. The van der Waals surface area contributed by atoms with Gasteiger partial charge in [0, 0.05) is 12.1 Å². The fourth-order valence-corrected chi connectivity index (χ4v) is 1.33. The van der Waals surface area contributed by atoms with Crippen molar-refractivity contribution in [1.82, 2.24) is 0 Å². The van der Waals surface area contributed by atoms with Gasteiger partial charge in [-0.15, -0.1) is 9.98 Å². The maximum atomic E-state index is 10.9. The van der Waals surface area contributed by atoms with E-state index in [9.17, 15) is 4.79 Å². The van der Waals surface area contributed by atoms with Gasteiger partial charge < -0.3 is 0 Å². The molecule has 3 nitrogen and oxygen atoms in total. The number of hydrogen-bond donors (Lipinski definition) is 2. The van der Waals surface area contributed by atoms with Crippen molar-refractivity contribution in [2.24, 2.45) is 0 Å². The molecule has 0 radical (unpaired) electrons. The van der Waals surface area contributed by atoms with Crippen LogP contribution in [-0.4, -0.2) is 6.03 Å². The van der Waals surface area contributed by atoms with Crippen molar-refractivity contribution < 1.29 is 14.8 Å². The van der Waals surface area contributed by atoms with E-state index in [0.29, 0.717) is 5.02 Å². The number of nitrogens with one attached hydrogen (secondary N) is 2. The molecule has 1 aliphatic rings. The summed E-state index contributed by atoms with van der Waals surface area (Å²) in [5.74, 6) is 0. The van der Waals surface area contributed by atoms with Crippen molar-refractivity contribution in [3.63, 3.8) is 0 Å². The number of carbonyl (C=O) groups is 1. The lowest BCUT2D eigenvalue weighted by molar-refractivity contribution is -0.517. The molecule has 0 spiro atoms. The van der Waals surface area contributed by atoms with Crippen LogP contribution in [0.5, 0.6) is 0 Å². The first-order valence-corrected chi connectivity index (χ1v) is 3.93. The third-order valence-electron chi connectivity index (χ3n) is 1.80. The van der Waals surface area contributed by atoms with Gasteiger partial charge in [-0.1, -0.05) is 11.6 Å². The summed E-state index contributed by atoms with van der Waals surface area (Å²) >= 11 is 5.86. The molecule has 12 heavy (non-hydrogen) atoms. The van der Waals surface area contributed by atoms with E-state index >= 15 is 0 Å². The Balaban J connectivity index is 2.89. The molecule has 2 rings (SSSR count). The number of rotatable bonds is 0. The fraction of sp³-hybridized carbons (Fsp3) is 0.125. The average Bonchev–Trinajstić information content (AvgIpc) is 2.30. The summed E-state index contributed by atoms with van der Waals surface area (Å²) in [6.45, 7) is 1.90. The van der Waals surface area contributed by atoms with Gasteiger partial charge in [0.2, 0.25) is 0 Å². The van der Waals surface area contributed by atoms with Crippen molar-refractivity contribution in [3.05, 3.63) is 33.4 Å². The van der Waals surface area contributed by atoms with Crippen molar-refractivity contribution in [1.29, 1.82) is 0 Å². The Morgan fingerprint density at radius 3 is 2.50 bits per heavy atom. The number of carbonyl (C=O) groups excluding carboxylic acids is 1. The van der Waals surface area contributed by atoms with Gasteiger partial charge in [-0.05, 0) is 12.5 Å². The Hall–Kier alpha value is -1.22. The van der Waals surface area contributed by atoms with Crippen LogP contribution in [0.2, 0.25) is 5.02 Å². The Morgan fingerprint density at radius 2 is 1.83 bits per heavy atom. The van der Waals surface area contributed by atoms with E-state index in [1.807, 2.05) is 13.0 Å². The zero-order valence-corrected chi connectivity index (χ0v) is 7.20. The molecule has 0 bridgehead atoms. The van der Waals surface area contributed by atoms with E-state index in [-0.39, 0.29) is 6.03 Å². The Bertz CT molecular complexity index is 436. The van der Waals surface area contributed by atoms with Gasteiger partial charge in [0.1, 0.15) is 0 Å². The molecule has 2 amide bonds. The van der Waals surface area contributed by atoms with E-state index < -0.39 is 0 Å². The lowest BCUT2D eigenvalue weighted by Crippen LogP contribution is -2.93. The van der Waals surface area contributed by atoms with Crippen LogP contribution in [0.1, 0.15) is 5.56 Å². The first-order chi connectivity index (χ1) is 5.66. The number of urea groups is 1. The van der Waals surface area contributed by atoms with E-state index in [0.717, 1.165) is 16.3 Å². The number of hydrogen-bond acceptors (Lipinski definition) is 1. The Morgan fingerprint density at radius 1 is 1.25 bits per heavy atom. The van der Waals surface area contributed by atoms with Crippen LogP contribution in [0.25, 0.3) is 0 Å². The largest absolute Gasteiger partial charge is 0.669 e. The predicted octanol–water partition coefficient (Wildman–Crippen LogP) is -2.82. The monoisotopic (exact) mass is 182 g/mol. The number of halogens is 1. The molecule has 0 unspecified atom stereocenters. The van der Waals surface area contributed by atoms with E-state index in [1.54, 1.807) is 6.07 Å². The van der Waals surface area contributed by atoms with E-state index in [4.69, 9.17) is 11.6 Å². The molecule has 1 aliphatic heterocycles. The van der Waals surface area contributed by atoms with Crippen molar-refractivity contribution in [3.8, 4) is 0 Å². The van der Waals surface area contributed by atoms with Crippen molar-refractivity contribution >= 4 is 17.6 Å². The van der Waals surface area contributed by atoms with Crippen LogP contribution in [0.15, 0.2) is 12.1 Å². The van der Waals surface area contributed by atoms with Gasteiger partial charge >= 0.3 is 6.03 Å². The third kappa shape index (κ3) is 1.02. The zero-order chi connectivity index (χ0) is 8.72. The van der Waals surface area contributed by atoms with Gasteiger partial charge in [0.05, 0.1) is 5.02 Å². The smallest absolute Gasteiger partial charge is 0.151 e. The quantitative estimate of drug-likeness (QED) is 0.447. The minimum Gasteiger partial charge on any atom is -0.151 e. The summed E-state index contributed by atoms with van der Waals surface area (Å²) in [6, 6.07) is 3.38. The second kappa shape index (κ2) is 2.38. The Kier molecular flexibility index (Phi) is 1.48. The van der Waals surface area contributed by atoms with Crippen LogP contribution in [0, 0.1) is 6.92 Å². The fourth-order valence-electron chi connectivity index (χ4n) is 1.16. The molecule has 1 aromatic carbocycles. The van der Waals surface area contributed by atoms with Gasteiger partial charge in [0.15, 0.2) is 0 Å². The molecule has 1 heterocycles. The van der Waals surface area contributed by atoms with Gasteiger partial charge in [-0.3, -0.25) is 0 Å². The summed E-state index contributed by atoms with van der Waals surface area (Å²) in [7, 11) is 0. The normalized spacial score (nSPS) is 13.7. The minimum absolute atomic E-state index is 0.202. The van der Waals surface area contributed by atoms with Crippen molar-refractivity contribution in [2.75, 3.05) is 0 Å². The highest BCUT2D eigenvalue weighted by Gasteiger charge is 2.21. The van der Waals surface area contributed by atoms with Crippen LogP contribution in [-0.2, 0) is 0 Å². The molecule has 0 aromatic heterocycles. The lowest BCUT2D eigenvalue weighted by atomic mass is 10.2. The van der Waals surface area contributed by atoms with E-state index in [2.05, 4.69) is 9.98 Å². The maximum Gasteiger partial charge on any atom is 0.669 e. The molecule has 4 heteroatoms. The van der Waals surface area contributed by atoms with Crippen LogP contribution < -0.4 is 20.7 Å². The Labute approximate surface area is 73.4 Å². The molecule has 0 saturated heterocycles.